The van der Waals surface area contributed by atoms with Crippen LogP contribution in [0.1, 0.15) is 22.7 Å². The van der Waals surface area contributed by atoms with Crippen LogP contribution in [0.5, 0.6) is 0 Å². The molecule has 0 spiro atoms. The van der Waals surface area contributed by atoms with Gasteiger partial charge in [0.1, 0.15) is 5.92 Å². The van der Waals surface area contributed by atoms with Gasteiger partial charge >= 0.3 is 0 Å². The SMILES string of the molecule is Cc1ccc([C@@H]2[C@H]3C(=O)N(c4ccc(C)cc4)C(=O)[C@@H]3ON2c2cccc([N+](=O)[O-])c2)cc1. The number of carbonyl (C=O) groups is 2. The van der Waals surface area contributed by atoms with Gasteiger partial charge in [-0.05, 0) is 37.6 Å². The number of amides is 2. The second-order valence-corrected chi connectivity index (χ2v) is 8.36. The highest BCUT2D eigenvalue weighted by molar-refractivity contribution is 6.23. The molecule has 2 fully saturated rings. The lowest BCUT2D eigenvalue weighted by Gasteiger charge is -2.28. The van der Waals surface area contributed by atoms with Gasteiger partial charge in [0.05, 0.1) is 22.3 Å². The quantitative estimate of drug-likeness (QED) is 0.340. The Bertz CT molecular complexity index is 1260. The Morgan fingerprint density at radius 2 is 1.48 bits per heavy atom. The highest BCUT2D eigenvalue weighted by atomic mass is 16.7. The molecule has 166 valence electrons. The summed E-state index contributed by atoms with van der Waals surface area (Å²) in [7, 11) is 0. The van der Waals surface area contributed by atoms with Gasteiger partial charge in [-0.3, -0.25) is 24.5 Å². The molecule has 0 aromatic heterocycles. The van der Waals surface area contributed by atoms with Gasteiger partial charge in [-0.15, -0.1) is 0 Å². The molecular formula is C25H21N3O5. The molecule has 3 aromatic rings. The molecule has 0 bridgehead atoms. The lowest BCUT2D eigenvalue weighted by molar-refractivity contribution is -0.384. The number of rotatable bonds is 4. The van der Waals surface area contributed by atoms with Crippen molar-refractivity contribution in [2.75, 3.05) is 9.96 Å². The van der Waals surface area contributed by atoms with Crippen LogP contribution in [0.4, 0.5) is 17.1 Å². The highest BCUT2D eigenvalue weighted by Gasteiger charge is 2.60. The summed E-state index contributed by atoms with van der Waals surface area (Å²) in [5.41, 5.74) is 3.65. The fourth-order valence-corrected chi connectivity index (χ4v) is 4.43. The summed E-state index contributed by atoms with van der Waals surface area (Å²) >= 11 is 0. The van der Waals surface area contributed by atoms with E-state index in [2.05, 4.69) is 0 Å². The first-order valence-corrected chi connectivity index (χ1v) is 10.6. The Hall–Kier alpha value is -4.04. The first kappa shape index (κ1) is 20.8. The zero-order chi connectivity index (χ0) is 23.3. The van der Waals surface area contributed by atoms with Crippen LogP contribution < -0.4 is 9.96 Å². The van der Waals surface area contributed by atoms with Gasteiger partial charge in [-0.2, -0.15) is 0 Å². The third-order valence-electron chi connectivity index (χ3n) is 6.12. The van der Waals surface area contributed by atoms with E-state index in [9.17, 15) is 19.7 Å². The van der Waals surface area contributed by atoms with Gasteiger partial charge in [-0.1, -0.05) is 53.6 Å². The number of benzene rings is 3. The van der Waals surface area contributed by atoms with Crippen molar-refractivity contribution < 1.29 is 19.3 Å². The Morgan fingerprint density at radius 1 is 0.848 bits per heavy atom. The van der Waals surface area contributed by atoms with E-state index in [-0.39, 0.29) is 11.6 Å². The molecule has 2 saturated heterocycles. The maximum atomic E-state index is 13.6. The zero-order valence-corrected chi connectivity index (χ0v) is 18.0. The molecule has 2 aliphatic rings. The summed E-state index contributed by atoms with van der Waals surface area (Å²) in [5, 5.41) is 12.8. The van der Waals surface area contributed by atoms with Gasteiger partial charge < -0.3 is 0 Å². The normalized spacial score (nSPS) is 22.1. The topological polar surface area (TPSA) is 93.0 Å². The number of imide groups is 1. The van der Waals surface area contributed by atoms with E-state index in [1.165, 1.54) is 22.1 Å². The van der Waals surface area contributed by atoms with Gasteiger partial charge in [0, 0.05) is 12.1 Å². The van der Waals surface area contributed by atoms with Crippen molar-refractivity contribution in [2.45, 2.75) is 26.0 Å². The zero-order valence-electron chi connectivity index (χ0n) is 18.0. The second-order valence-electron chi connectivity index (χ2n) is 8.36. The van der Waals surface area contributed by atoms with E-state index >= 15 is 0 Å². The van der Waals surface area contributed by atoms with Crippen LogP contribution in [0.25, 0.3) is 0 Å². The summed E-state index contributed by atoms with van der Waals surface area (Å²) in [5.74, 6) is -1.59. The van der Waals surface area contributed by atoms with Crippen molar-refractivity contribution in [1.29, 1.82) is 0 Å². The largest absolute Gasteiger partial charge is 0.273 e. The molecular weight excluding hydrogens is 422 g/mol. The predicted molar refractivity (Wildman–Crippen MR) is 122 cm³/mol. The van der Waals surface area contributed by atoms with E-state index in [1.54, 1.807) is 24.3 Å². The fourth-order valence-electron chi connectivity index (χ4n) is 4.43. The Kier molecular flexibility index (Phi) is 4.94. The molecule has 33 heavy (non-hydrogen) atoms. The number of fused-ring (bicyclic) bond motifs is 1. The number of carbonyl (C=O) groups excluding carboxylic acids is 2. The molecule has 0 N–H and O–H groups in total. The van der Waals surface area contributed by atoms with Gasteiger partial charge in [0.25, 0.3) is 11.6 Å². The van der Waals surface area contributed by atoms with Crippen molar-refractivity contribution in [1.82, 2.24) is 0 Å². The maximum absolute atomic E-state index is 13.6. The molecule has 8 nitrogen and oxygen atoms in total. The van der Waals surface area contributed by atoms with Crippen LogP contribution in [0.2, 0.25) is 0 Å². The van der Waals surface area contributed by atoms with Crippen LogP contribution in [0.3, 0.4) is 0 Å². The molecule has 2 heterocycles. The Morgan fingerprint density at radius 3 is 2.12 bits per heavy atom. The minimum Gasteiger partial charge on any atom is -0.273 e. The number of hydrogen-bond acceptors (Lipinski definition) is 6. The molecule has 5 rings (SSSR count). The molecule has 3 aromatic carbocycles. The monoisotopic (exact) mass is 443 g/mol. The summed E-state index contributed by atoms with van der Waals surface area (Å²) in [4.78, 5) is 45.0. The van der Waals surface area contributed by atoms with E-state index < -0.39 is 28.9 Å². The van der Waals surface area contributed by atoms with Crippen molar-refractivity contribution >= 4 is 28.9 Å². The van der Waals surface area contributed by atoms with Crippen LogP contribution in [0.15, 0.2) is 72.8 Å². The Labute approximate surface area is 190 Å². The third-order valence-corrected chi connectivity index (χ3v) is 6.12. The molecule has 8 heteroatoms. The van der Waals surface area contributed by atoms with Gasteiger partial charge in [-0.25, -0.2) is 9.96 Å². The average molecular weight is 443 g/mol. The van der Waals surface area contributed by atoms with Crippen molar-refractivity contribution in [3.05, 3.63) is 99.6 Å². The average Bonchev–Trinajstić information content (AvgIpc) is 3.31. The van der Waals surface area contributed by atoms with E-state index in [1.807, 2.05) is 50.2 Å². The van der Waals surface area contributed by atoms with Crippen LogP contribution in [0, 0.1) is 29.9 Å². The van der Waals surface area contributed by atoms with Crippen molar-refractivity contribution in [2.24, 2.45) is 5.92 Å². The summed E-state index contributed by atoms with van der Waals surface area (Å²) in [6.07, 6.45) is -1.02. The number of nitrogens with zero attached hydrogens (tertiary/aromatic N) is 3. The van der Waals surface area contributed by atoms with Gasteiger partial charge in [0.15, 0.2) is 6.10 Å². The molecule has 3 atom stereocenters. The van der Waals surface area contributed by atoms with E-state index in [0.717, 1.165) is 16.7 Å². The standard InChI is InChI=1S/C25H21N3O5/c1-15-6-10-17(11-7-15)22-21-23(33-27(22)19-4-3-5-20(14-19)28(31)32)25(30)26(24(21)29)18-12-8-16(2)9-13-18/h3-14,21-23H,1-2H3/t21-,22-,23-/m1/s1. The number of nitro groups is 1. The third kappa shape index (κ3) is 3.44. The molecule has 0 radical (unpaired) electrons. The first-order chi connectivity index (χ1) is 15.8. The Balaban J connectivity index is 1.59. The summed E-state index contributed by atoms with van der Waals surface area (Å²) < 4.78 is 0. The maximum Gasteiger partial charge on any atom is 0.271 e. The summed E-state index contributed by atoms with van der Waals surface area (Å²) in [6, 6.07) is 20.2. The highest BCUT2D eigenvalue weighted by Crippen LogP contribution is 2.48. The molecule has 0 saturated carbocycles. The van der Waals surface area contributed by atoms with E-state index in [4.69, 9.17) is 4.84 Å². The lowest BCUT2D eigenvalue weighted by atomic mass is 9.90. The first-order valence-electron chi connectivity index (χ1n) is 10.6. The number of hydrogen-bond donors (Lipinski definition) is 0. The number of hydroxylamine groups is 1. The van der Waals surface area contributed by atoms with Crippen LogP contribution in [-0.4, -0.2) is 22.8 Å². The van der Waals surface area contributed by atoms with Crippen molar-refractivity contribution in [3.8, 4) is 0 Å². The lowest BCUT2D eigenvalue weighted by Crippen LogP contribution is -2.37. The molecule has 0 aliphatic carbocycles. The van der Waals surface area contributed by atoms with E-state index in [0.29, 0.717) is 11.4 Å². The number of anilines is 2. The second kappa shape index (κ2) is 7.83. The minimum absolute atomic E-state index is 0.102. The smallest absolute Gasteiger partial charge is 0.271 e. The van der Waals surface area contributed by atoms with Crippen molar-refractivity contribution in [3.63, 3.8) is 0 Å². The molecule has 2 amide bonds. The molecule has 2 aliphatic heterocycles. The predicted octanol–water partition coefficient (Wildman–Crippen LogP) is 4.26. The fraction of sp³-hybridized carbons (Fsp3) is 0.200. The van der Waals surface area contributed by atoms with Crippen LogP contribution in [-0.2, 0) is 14.4 Å². The number of aryl methyl sites for hydroxylation is 2. The van der Waals surface area contributed by atoms with Gasteiger partial charge in [0.2, 0.25) is 5.91 Å². The number of non-ortho nitro benzene ring substituents is 1. The molecule has 0 unspecified atom stereocenters. The number of nitro benzene ring substituents is 1. The van der Waals surface area contributed by atoms with Crippen LogP contribution >= 0.6 is 0 Å². The summed E-state index contributed by atoms with van der Waals surface area (Å²) in [6.45, 7) is 3.89. The minimum atomic E-state index is -1.02.